The van der Waals surface area contributed by atoms with Crippen molar-refractivity contribution < 1.29 is 4.39 Å². The lowest BCUT2D eigenvalue weighted by Gasteiger charge is -2.04. The van der Waals surface area contributed by atoms with Gasteiger partial charge in [0.1, 0.15) is 6.33 Å². The first kappa shape index (κ1) is 11.7. The van der Waals surface area contributed by atoms with E-state index in [1.165, 1.54) is 6.33 Å². The maximum absolute atomic E-state index is 13.6. The van der Waals surface area contributed by atoms with Crippen molar-refractivity contribution in [2.45, 2.75) is 18.3 Å². The Morgan fingerprint density at radius 3 is 2.80 bits per heavy atom. The van der Waals surface area contributed by atoms with Crippen LogP contribution < -0.4 is 0 Å². The van der Waals surface area contributed by atoms with Crippen molar-refractivity contribution >= 4 is 17.2 Å². The second kappa shape index (κ2) is 4.21. The number of fused-ring (bicyclic) bond motifs is 1. The summed E-state index contributed by atoms with van der Waals surface area (Å²) < 4.78 is 14.7. The van der Waals surface area contributed by atoms with E-state index in [0.29, 0.717) is 11.6 Å². The van der Waals surface area contributed by atoms with Gasteiger partial charge in [-0.25, -0.2) is 15.0 Å². The highest BCUT2D eigenvalue weighted by Crippen LogP contribution is 2.55. The summed E-state index contributed by atoms with van der Waals surface area (Å²) in [5, 5.41) is 4.19. The first-order valence-corrected chi connectivity index (χ1v) is 6.56. The molecule has 1 fully saturated rings. The summed E-state index contributed by atoms with van der Waals surface area (Å²) in [6.07, 6.45) is 7.24. The van der Waals surface area contributed by atoms with E-state index in [4.69, 9.17) is 11.6 Å². The van der Waals surface area contributed by atoms with Crippen LogP contribution in [-0.2, 0) is 0 Å². The van der Waals surface area contributed by atoms with Crippen molar-refractivity contribution in [3.63, 3.8) is 0 Å². The highest BCUT2D eigenvalue weighted by atomic mass is 35.5. The Morgan fingerprint density at radius 1 is 1.20 bits per heavy atom. The van der Waals surface area contributed by atoms with Crippen LogP contribution >= 0.6 is 11.6 Å². The summed E-state index contributed by atoms with van der Waals surface area (Å²) >= 11 is 5.97. The van der Waals surface area contributed by atoms with Gasteiger partial charge in [-0.05, 0) is 29.9 Å². The number of aromatic nitrogens is 5. The molecule has 0 saturated heterocycles. The Labute approximate surface area is 118 Å². The fourth-order valence-corrected chi connectivity index (χ4v) is 2.81. The molecule has 1 saturated carbocycles. The Hall–Kier alpha value is -2.08. The molecule has 0 spiro atoms. The van der Waals surface area contributed by atoms with E-state index < -0.39 is 5.95 Å². The molecule has 7 heteroatoms. The first-order chi connectivity index (χ1) is 9.74. The van der Waals surface area contributed by atoms with Crippen molar-refractivity contribution in [2.24, 2.45) is 0 Å². The lowest BCUT2D eigenvalue weighted by atomic mass is 10.1. The minimum Gasteiger partial charge on any atom is -0.245 e. The summed E-state index contributed by atoms with van der Waals surface area (Å²) in [6, 6.07) is 1.76. The maximum atomic E-state index is 13.6. The summed E-state index contributed by atoms with van der Waals surface area (Å²) in [5.41, 5.74) is 2.52. The normalized spacial score (nSPS) is 21.3. The summed E-state index contributed by atoms with van der Waals surface area (Å²) in [4.78, 5) is 12.1. The average molecular weight is 290 g/mol. The smallest absolute Gasteiger partial charge is 0.234 e. The minimum absolute atomic E-state index is 0.255. The van der Waals surface area contributed by atoms with Gasteiger partial charge in [-0.15, -0.1) is 0 Å². The molecule has 1 aliphatic rings. The van der Waals surface area contributed by atoms with Crippen LogP contribution in [0.15, 0.2) is 31.0 Å². The van der Waals surface area contributed by atoms with Gasteiger partial charge < -0.3 is 0 Å². The molecule has 0 N–H and O–H groups in total. The molecule has 20 heavy (non-hydrogen) atoms. The SMILES string of the molecule is Fc1cnc2c([C@H]3C[C@@H]3c3cncnc3)cc(Cl)nn12. The van der Waals surface area contributed by atoms with Gasteiger partial charge >= 0.3 is 0 Å². The van der Waals surface area contributed by atoms with Gasteiger partial charge in [0.15, 0.2) is 10.8 Å². The van der Waals surface area contributed by atoms with Gasteiger partial charge in [0.25, 0.3) is 0 Å². The Balaban J connectivity index is 1.77. The Morgan fingerprint density at radius 2 is 2.00 bits per heavy atom. The van der Waals surface area contributed by atoms with E-state index in [-0.39, 0.29) is 11.1 Å². The fourth-order valence-electron chi connectivity index (χ4n) is 2.62. The molecule has 3 aromatic heterocycles. The lowest BCUT2D eigenvalue weighted by Crippen LogP contribution is -1.99. The second-order valence-corrected chi connectivity index (χ2v) is 5.25. The van der Waals surface area contributed by atoms with Gasteiger partial charge in [0.2, 0.25) is 5.95 Å². The molecule has 0 unspecified atom stereocenters. The van der Waals surface area contributed by atoms with E-state index >= 15 is 0 Å². The highest BCUT2D eigenvalue weighted by molar-refractivity contribution is 6.29. The van der Waals surface area contributed by atoms with E-state index in [9.17, 15) is 4.39 Å². The highest BCUT2D eigenvalue weighted by Gasteiger charge is 2.41. The van der Waals surface area contributed by atoms with Crippen molar-refractivity contribution in [3.8, 4) is 0 Å². The zero-order valence-corrected chi connectivity index (χ0v) is 11.0. The molecule has 0 amide bonds. The summed E-state index contributed by atoms with van der Waals surface area (Å²) in [6.45, 7) is 0. The zero-order valence-electron chi connectivity index (χ0n) is 10.2. The van der Waals surface area contributed by atoms with Crippen LogP contribution in [0.4, 0.5) is 4.39 Å². The largest absolute Gasteiger partial charge is 0.245 e. The van der Waals surface area contributed by atoms with Crippen LogP contribution in [0.5, 0.6) is 0 Å². The monoisotopic (exact) mass is 289 g/mol. The molecule has 2 atom stereocenters. The number of nitrogens with zero attached hydrogens (tertiary/aromatic N) is 5. The quantitative estimate of drug-likeness (QED) is 0.727. The predicted molar refractivity (Wildman–Crippen MR) is 70.1 cm³/mol. The van der Waals surface area contributed by atoms with Crippen molar-refractivity contribution in [2.75, 3.05) is 0 Å². The minimum atomic E-state index is -0.510. The summed E-state index contributed by atoms with van der Waals surface area (Å²) in [5.74, 6) is 0.0769. The Bertz CT molecular complexity index is 788. The van der Waals surface area contributed by atoms with E-state index in [1.807, 2.05) is 12.4 Å². The predicted octanol–water partition coefficient (Wildman–Crippen LogP) is 2.58. The topological polar surface area (TPSA) is 56.0 Å². The maximum Gasteiger partial charge on any atom is 0.234 e. The number of imidazole rings is 1. The van der Waals surface area contributed by atoms with Gasteiger partial charge in [-0.2, -0.15) is 14.0 Å². The third-order valence-corrected chi connectivity index (χ3v) is 3.81. The lowest BCUT2D eigenvalue weighted by molar-refractivity contribution is 0.548. The van der Waals surface area contributed by atoms with Crippen molar-refractivity contribution in [3.05, 3.63) is 53.2 Å². The number of rotatable bonds is 2. The second-order valence-electron chi connectivity index (χ2n) is 4.86. The molecule has 100 valence electrons. The molecular weight excluding hydrogens is 281 g/mol. The fraction of sp³-hybridized carbons (Fsp3) is 0.231. The molecule has 5 nitrogen and oxygen atoms in total. The average Bonchev–Trinajstić information content (AvgIpc) is 3.18. The number of halogens is 2. The van der Waals surface area contributed by atoms with Gasteiger partial charge in [-0.1, -0.05) is 11.6 Å². The standard InChI is InChI=1S/C13H9ClFN5/c14-11-2-10(13-18-5-12(15)20(13)19-11)9-1-8(9)7-3-16-6-17-4-7/h2-6,8-9H,1H2/t8-,9+/m1/s1. The molecule has 0 aromatic carbocycles. The van der Waals surface area contributed by atoms with Crippen LogP contribution in [0.25, 0.3) is 5.65 Å². The molecule has 0 radical (unpaired) electrons. The van der Waals surface area contributed by atoms with Gasteiger partial charge in [0, 0.05) is 18.0 Å². The van der Waals surface area contributed by atoms with Crippen molar-refractivity contribution in [1.29, 1.82) is 0 Å². The van der Waals surface area contributed by atoms with Gasteiger partial charge in [0.05, 0.1) is 6.20 Å². The molecule has 4 rings (SSSR count). The molecule has 3 aromatic rings. The van der Waals surface area contributed by atoms with Crippen LogP contribution in [-0.4, -0.2) is 24.6 Å². The van der Waals surface area contributed by atoms with Gasteiger partial charge in [-0.3, -0.25) is 0 Å². The summed E-state index contributed by atoms with van der Waals surface area (Å²) in [7, 11) is 0. The molecular formula is C13H9ClFN5. The zero-order chi connectivity index (χ0) is 13.7. The third kappa shape index (κ3) is 1.76. The molecule has 0 aliphatic heterocycles. The Kier molecular flexibility index (Phi) is 2.47. The van der Waals surface area contributed by atoms with E-state index in [2.05, 4.69) is 20.1 Å². The molecule has 3 heterocycles. The molecule has 1 aliphatic carbocycles. The van der Waals surface area contributed by atoms with Crippen LogP contribution in [0.2, 0.25) is 5.15 Å². The van der Waals surface area contributed by atoms with Crippen LogP contribution in [0.3, 0.4) is 0 Å². The van der Waals surface area contributed by atoms with E-state index in [0.717, 1.165) is 28.3 Å². The van der Waals surface area contributed by atoms with Crippen molar-refractivity contribution in [1.82, 2.24) is 24.6 Å². The molecule has 0 bridgehead atoms. The van der Waals surface area contributed by atoms with Crippen LogP contribution in [0, 0.1) is 5.95 Å². The number of hydrogen-bond acceptors (Lipinski definition) is 4. The van der Waals surface area contributed by atoms with E-state index in [1.54, 1.807) is 6.07 Å². The third-order valence-electron chi connectivity index (χ3n) is 3.62. The number of hydrogen-bond donors (Lipinski definition) is 0. The van der Waals surface area contributed by atoms with Crippen LogP contribution in [0.1, 0.15) is 29.4 Å². The first-order valence-electron chi connectivity index (χ1n) is 6.18.